The molecule has 1 aromatic heterocycles. The van der Waals surface area contributed by atoms with Crippen LogP contribution in [0.4, 0.5) is 17.3 Å². The van der Waals surface area contributed by atoms with E-state index in [0.717, 1.165) is 18.2 Å². The van der Waals surface area contributed by atoms with Gasteiger partial charge in [0.05, 0.1) is 6.61 Å². The molecule has 1 saturated carbocycles. The summed E-state index contributed by atoms with van der Waals surface area (Å²) < 4.78 is 5.10. The van der Waals surface area contributed by atoms with Crippen LogP contribution in [0.25, 0.3) is 0 Å². The average Bonchev–Trinajstić information content (AvgIpc) is 2.98. The Labute approximate surface area is 120 Å². The number of aromatic nitrogens is 2. The van der Waals surface area contributed by atoms with Crippen molar-refractivity contribution in [3.63, 3.8) is 0 Å². The molecule has 0 saturated heterocycles. The molecule has 0 radical (unpaired) electrons. The highest BCUT2D eigenvalue weighted by Gasteiger charge is 2.23. The van der Waals surface area contributed by atoms with Gasteiger partial charge in [-0.3, -0.25) is 0 Å². The zero-order valence-corrected chi connectivity index (χ0v) is 12.7. The number of nitrogens with two attached hydrogens (primary N) is 1. The van der Waals surface area contributed by atoms with Gasteiger partial charge in [-0.25, -0.2) is 9.97 Å². The molecule has 6 heteroatoms. The van der Waals surface area contributed by atoms with Crippen molar-refractivity contribution in [1.82, 2.24) is 9.97 Å². The van der Waals surface area contributed by atoms with Crippen LogP contribution in [0.1, 0.15) is 25.7 Å². The highest BCUT2D eigenvalue weighted by Crippen LogP contribution is 2.32. The summed E-state index contributed by atoms with van der Waals surface area (Å²) in [6, 6.07) is 0.546. The van der Waals surface area contributed by atoms with Crippen LogP contribution in [0.5, 0.6) is 0 Å². The van der Waals surface area contributed by atoms with Gasteiger partial charge >= 0.3 is 0 Å². The number of rotatable bonds is 6. The Morgan fingerprint density at radius 1 is 1.25 bits per heavy atom. The van der Waals surface area contributed by atoms with Gasteiger partial charge in [0, 0.05) is 33.8 Å². The van der Waals surface area contributed by atoms with Crippen molar-refractivity contribution >= 4 is 17.3 Å². The smallest absolute Gasteiger partial charge is 0.157 e. The number of ether oxygens (including phenoxy) is 1. The van der Waals surface area contributed by atoms with Gasteiger partial charge < -0.3 is 20.3 Å². The highest BCUT2D eigenvalue weighted by molar-refractivity contribution is 5.75. The minimum absolute atomic E-state index is 0.546. The number of methoxy groups -OCH3 is 1. The molecule has 0 aromatic carbocycles. The van der Waals surface area contributed by atoms with E-state index in [9.17, 15) is 0 Å². The first kappa shape index (κ1) is 14.8. The topological polar surface area (TPSA) is 67.5 Å². The molecule has 0 unspecified atom stereocenters. The lowest BCUT2D eigenvalue weighted by Gasteiger charge is -2.28. The molecule has 0 aliphatic heterocycles. The first-order valence-corrected chi connectivity index (χ1v) is 7.18. The maximum atomic E-state index is 6.28. The number of hydrogen-bond acceptors (Lipinski definition) is 6. The SMILES string of the molecule is COCCN(C)c1ncnc(N(C)C2CCCC2)c1N. The summed E-state index contributed by atoms with van der Waals surface area (Å²) in [5.74, 6) is 1.61. The van der Waals surface area contributed by atoms with E-state index < -0.39 is 0 Å². The van der Waals surface area contributed by atoms with Gasteiger partial charge in [0.15, 0.2) is 11.6 Å². The van der Waals surface area contributed by atoms with Crippen molar-refractivity contribution in [2.45, 2.75) is 31.7 Å². The molecule has 2 rings (SSSR count). The molecule has 0 atom stereocenters. The van der Waals surface area contributed by atoms with Crippen LogP contribution in [-0.2, 0) is 4.74 Å². The summed E-state index contributed by atoms with van der Waals surface area (Å²) in [6.45, 7) is 1.40. The van der Waals surface area contributed by atoms with Crippen LogP contribution in [0.2, 0.25) is 0 Å². The van der Waals surface area contributed by atoms with E-state index >= 15 is 0 Å². The molecule has 0 spiro atoms. The summed E-state index contributed by atoms with van der Waals surface area (Å²) in [5.41, 5.74) is 6.93. The lowest BCUT2D eigenvalue weighted by molar-refractivity contribution is 0.206. The Kier molecular flexibility index (Phi) is 5.00. The third kappa shape index (κ3) is 3.12. The maximum absolute atomic E-state index is 6.28. The Morgan fingerprint density at radius 3 is 2.55 bits per heavy atom. The summed E-state index contributed by atoms with van der Waals surface area (Å²) in [4.78, 5) is 12.9. The van der Waals surface area contributed by atoms with Crippen molar-refractivity contribution in [3.05, 3.63) is 6.33 Å². The fourth-order valence-corrected chi connectivity index (χ4v) is 2.76. The van der Waals surface area contributed by atoms with Gasteiger partial charge in [-0.2, -0.15) is 0 Å². The van der Waals surface area contributed by atoms with Crippen LogP contribution in [0, 0.1) is 0 Å². The van der Waals surface area contributed by atoms with E-state index in [1.54, 1.807) is 13.4 Å². The number of anilines is 3. The standard InChI is InChI=1S/C14H25N5O/c1-18(8-9-20-3)13-12(15)14(17-10-16-13)19(2)11-6-4-5-7-11/h10-11H,4-9,15H2,1-3H3. The predicted molar refractivity (Wildman–Crippen MR) is 82.2 cm³/mol. The molecule has 112 valence electrons. The monoisotopic (exact) mass is 279 g/mol. The minimum Gasteiger partial charge on any atom is -0.393 e. The zero-order valence-electron chi connectivity index (χ0n) is 12.7. The Bertz CT molecular complexity index is 434. The molecule has 1 heterocycles. The molecule has 20 heavy (non-hydrogen) atoms. The third-order valence-electron chi connectivity index (χ3n) is 4.04. The molecule has 1 fully saturated rings. The molecular formula is C14H25N5O. The van der Waals surface area contributed by atoms with E-state index in [1.165, 1.54) is 25.7 Å². The third-order valence-corrected chi connectivity index (χ3v) is 4.04. The van der Waals surface area contributed by atoms with E-state index in [4.69, 9.17) is 10.5 Å². The first-order chi connectivity index (χ1) is 9.65. The molecule has 6 nitrogen and oxygen atoms in total. The normalized spacial score (nSPS) is 15.6. The fourth-order valence-electron chi connectivity index (χ4n) is 2.76. The second-order valence-corrected chi connectivity index (χ2v) is 5.40. The second kappa shape index (κ2) is 6.74. The van der Waals surface area contributed by atoms with Crippen LogP contribution in [0.3, 0.4) is 0 Å². The summed E-state index contributed by atoms with van der Waals surface area (Å²) in [6.07, 6.45) is 6.61. The van der Waals surface area contributed by atoms with E-state index in [-0.39, 0.29) is 0 Å². The molecular weight excluding hydrogens is 254 g/mol. The quantitative estimate of drug-likeness (QED) is 0.851. The average molecular weight is 279 g/mol. The summed E-state index contributed by atoms with van der Waals surface area (Å²) in [7, 11) is 5.74. The number of nitrogens with zero attached hydrogens (tertiary/aromatic N) is 4. The summed E-state index contributed by atoms with van der Waals surface area (Å²) >= 11 is 0. The zero-order chi connectivity index (χ0) is 14.5. The maximum Gasteiger partial charge on any atom is 0.157 e. The lowest BCUT2D eigenvalue weighted by atomic mass is 10.2. The first-order valence-electron chi connectivity index (χ1n) is 7.18. The minimum atomic E-state index is 0.546. The molecule has 1 aliphatic rings. The molecule has 0 bridgehead atoms. The van der Waals surface area contributed by atoms with Crippen molar-refractivity contribution in [2.75, 3.05) is 49.9 Å². The molecule has 2 N–H and O–H groups in total. The number of likely N-dealkylation sites (N-methyl/N-ethyl adjacent to an activating group) is 1. The molecule has 1 aromatic rings. The van der Waals surface area contributed by atoms with Crippen molar-refractivity contribution in [3.8, 4) is 0 Å². The largest absolute Gasteiger partial charge is 0.393 e. The lowest BCUT2D eigenvalue weighted by Crippen LogP contribution is -2.31. The van der Waals surface area contributed by atoms with E-state index in [2.05, 4.69) is 21.9 Å². The van der Waals surface area contributed by atoms with Crippen molar-refractivity contribution < 1.29 is 4.74 Å². The number of nitrogen functional groups attached to an aromatic ring is 1. The van der Waals surface area contributed by atoms with Crippen LogP contribution in [-0.4, -0.2) is 50.4 Å². The van der Waals surface area contributed by atoms with Gasteiger partial charge in [-0.05, 0) is 12.8 Å². The number of hydrogen-bond donors (Lipinski definition) is 1. The summed E-state index contributed by atoms with van der Waals surface area (Å²) in [5, 5.41) is 0. The van der Waals surface area contributed by atoms with E-state index in [1.807, 2.05) is 11.9 Å². The van der Waals surface area contributed by atoms with Gasteiger partial charge in [0.1, 0.15) is 12.0 Å². The molecule has 1 aliphatic carbocycles. The van der Waals surface area contributed by atoms with Gasteiger partial charge in [0.2, 0.25) is 0 Å². The second-order valence-electron chi connectivity index (χ2n) is 5.40. The van der Waals surface area contributed by atoms with Crippen molar-refractivity contribution in [1.29, 1.82) is 0 Å². The highest BCUT2D eigenvalue weighted by atomic mass is 16.5. The van der Waals surface area contributed by atoms with Crippen LogP contribution >= 0.6 is 0 Å². The van der Waals surface area contributed by atoms with E-state index in [0.29, 0.717) is 18.3 Å². The van der Waals surface area contributed by atoms with Gasteiger partial charge in [-0.1, -0.05) is 12.8 Å². The fraction of sp³-hybridized carbons (Fsp3) is 0.714. The van der Waals surface area contributed by atoms with Crippen molar-refractivity contribution in [2.24, 2.45) is 0 Å². The predicted octanol–water partition coefficient (Wildman–Crippen LogP) is 1.52. The Hall–Kier alpha value is -1.56. The van der Waals surface area contributed by atoms with Gasteiger partial charge in [0.25, 0.3) is 0 Å². The van der Waals surface area contributed by atoms with Crippen LogP contribution < -0.4 is 15.5 Å². The van der Waals surface area contributed by atoms with Crippen LogP contribution in [0.15, 0.2) is 6.33 Å². The Balaban J connectivity index is 2.17. The Morgan fingerprint density at radius 2 is 1.90 bits per heavy atom. The molecule has 0 amide bonds. The van der Waals surface area contributed by atoms with Gasteiger partial charge in [-0.15, -0.1) is 0 Å².